The number of thiocarbonyl (C=S) groups is 1. The number of carbonyl (C=O) groups is 1. The van der Waals surface area contributed by atoms with E-state index in [-0.39, 0.29) is 5.91 Å². The maximum atomic E-state index is 13.3. The van der Waals surface area contributed by atoms with Crippen LogP contribution in [0.4, 0.5) is 5.69 Å². The molecule has 0 aliphatic carbocycles. The number of carbonyl (C=O) groups excluding carboxylic acids is 1. The van der Waals surface area contributed by atoms with Gasteiger partial charge in [0.05, 0.1) is 21.7 Å². The molecule has 0 unspecified atom stereocenters. The highest BCUT2D eigenvalue weighted by Crippen LogP contribution is 2.41. The number of thioether (sulfide) groups is 1. The second-order valence-electron chi connectivity index (χ2n) is 7.99. The van der Waals surface area contributed by atoms with Gasteiger partial charge in [0.2, 0.25) is 0 Å². The molecule has 8 heteroatoms. The molecule has 180 valence electrons. The number of amides is 1. The number of aryl methyl sites for hydroxylation is 2. The molecule has 0 atom stereocenters. The first-order valence-corrected chi connectivity index (χ1v) is 13.3. The first-order chi connectivity index (χ1) is 16.8. The Morgan fingerprint density at radius 3 is 2.51 bits per heavy atom. The Kier molecular flexibility index (Phi) is 8.22. The molecule has 0 radical (unpaired) electrons. The van der Waals surface area contributed by atoms with E-state index in [9.17, 15) is 4.79 Å². The molecule has 0 bridgehead atoms. The lowest BCUT2D eigenvalue weighted by atomic mass is 10.1. The molecule has 0 saturated carbocycles. The normalized spacial score (nSPS) is 14.7. The van der Waals surface area contributed by atoms with Crippen LogP contribution in [-0.4, -0.2) is 16.8 Å². The fraction of sp³-hybridized carbons (Fsp3) is 0.185. The Hall–Kier alpha value is -2.32. The summed E-state index contributed by atoms with van der Waals surface area (Å²) in [5, 5.41) is 0.678. The van der Waals surface area contributed by atoms with E-state index in [0.717, 1.165) is 32.4 Å². The quantitative estimate of drug-likeness (QED) is 0.206. The first kappa shape index (κ1) is 25.8. The number of nitrogens with zero attached hydrogens (tertiary/aromatic N) is 1. The fourth-order valence-electron chi connectivity index (χ4n) is 3.69. The maximum Gasteiger partial charge on any atom is 0.270 e. The summed E-state index contributed by atoms with van der Waals surface area (Å²) in [5.41, 5.74) is 4.75. The van der Waals surface area contributed by atoms with Gasteiger partial charge in [-0.25, -0.2) is 0 Å². The monoisotopic (exact) mass is 587 g/mol. The molecule has 1 amide bonds. The minimum atomic E-state index is -0.135. The number of anilines is 1. The van der Waals surface area contributed by atoms with Crippen molar-refractivity contribution >= 4 is 73.5 Å². The zero-order valence-corrected chi connectivity index (χ0v) is 23.4. The van der Waals surface area contributed by atoms with Crippen molar-refractivity contribution in [3.63, 3.8) is 0 Å². The predicted molar refractivity (Wildman–Crippen MR) is 153 cm³/mol. The third-order valence-corrected chi connectivity index (χ3v) is 7.46. The predicted octanol–water partition coefficient (Wildman–Crippen LogP) is 8.10. The lowest BCUT2D eigenvalue weighted by Crippen LogP contribution is -2.28. The van der Waals surface area contributed by atoms with Gasteiger partial charge in [-0.15, -0.1) is 0 Å². The second kappa shape index (κ2) is 11.2. The van der Waals surface area contributed by atoms with Crippen LogP contribution in [0.15, 0.2) is 64.0 Å². The summed E-state index contributed by atoms with van der Waals surface area (Å²) >= 11 is 16.4. The minimum Gasteiger partial charge on any atom is -0.490 e. The minimum absolute atomic E-state index is 0.135. The number of hydrogen-bond donors (Lipinski definition) is 0. The van der Waals surface area contributed by atoms with Crippen LogP contribution in [0.5, 0.6) is 11.5 Å². The molecule has 1 aliphatic rings. The standard InChI is InChI=1S/C27H23BrClNO3S2/c1-4-32-23-13-19(12-21(28)25(23)33-15-18-6-8-20(29)9-7-18)14-24-26(31)30(27(34)35-24)22-10-5-16(2)11-17(22)3/h5-14H,4,15H2,1-3H3/b24-14-. The molecule has 1 saturated heterocycles. The lowest BCUT2D eigenvalue weighted by Gasteiger charge is -2.17. The van der Waals surface area contributed by atoms with Crippen LogP contribution in [0.2, 0.25) is 5.02 Å². The van der Waals surface area contributed by atoms with E-state index in [0.29, 0.717) is 39.0 Å². The number of hydrogen-bond acceptors (Lipinski definition) is 5. The zero-order valence-electron chi connectivity index (χ0n) is 19.4. The van der Waals surface area contributed by atoms with Crippen molar-refractivity contribution in [1.82, 2.24) is 0 Å². The summed E-state index contributed by atoms with van der Waals surface area (Å²) in [5.74, 6) is 1.05. The van der Waals surface area contributed by atoms with Crippen molar-refractivity contribution in [3.8, 4) is 11.5 Å². The molecular weight excluding hydrogens is 566 g/mol. The van der Waals surface area contributed by atoms with E-state index in [1.54, 1.807) is 4.90 Å². The third kappa shape index (κ3) is 5.92. The zero-order chi connectivity index (χ0) is 25.1. The third-order valence-electron chi connectivity index (χ3n) is 5.31. The average molecular weight is 589 g/mol. The number of halogens is 2. The van der Waals surface area contributed by atoms with Gasteiger partial charge < -0.3 is 9.47 Å². The van der Waals surface area contributed by atoms with Crippen LogP contribution in [0, 0.1) is 13.8 Å². The Morgan fingerprint density at radius 2 is 1.83 bits per heavy atom. The van der Waals surface area contributed by atoms with E-state index in [1.165, 1.54) is 11.8 Å². The van der Waals surface area contributed by atoms with Crippen LogP contribution in [0.25, 0.3) is 6.08 Å². The highest BCUT2D eigenvalue weighted by molar-refractivity contribution is 9.10. The Balaban J connectivity index is 1.61. The molecule has 1 heterocycles. The van der Waals surface area contributed by atoms with Gasteiger partial charge in [0, 0.05) is 5.02 Å². The molecule has 0 N–H and O–H groups in total. The van der Waals surface area contributed by atoms with Gasteiger partial charge in [-0.05, 0) is 89.8 Å². The summed E-state index contributed by atoms with van der Waals surface area (Å²) in [7, 11) is 0. The van der Waals surface area contributed by atoms with Gasteiger partial charge in [-0.1, -0.05) is 65.4 Å². The van der Waals surface area contributed by atoms with Crippen LogP contribution in [0.3, 0.4) is 0 Å². The summed E-state index contributed by atoms with van der Waals surface area (Å²) in [6.07, 6.45) is 1.83. The summed E-state index contributed by atoms with van der Waals surface area (Å²) in [4.78, 5) is 15.4. The largest absolute Gasteiger partial charge is 0.490 e. The van der Waals surface area contributed by atoms with E-state index in [2.05, 4.69) is 15.9 Å². The van der Waals surface area contributed by atoms with E-state index < -0.39 is 0 Å². The molecule has 3 aromatic rings. The average Bonchev–Trinajstić information content (AvgIpc) is 3.07. The first-order valence-electron chi connectivity index (χ1n) is 11.0. The number of ether oxygens (including phenoxy) is 2. The molecule has 4 nitrogen and oxygen atoms in total. The topological polar surface area (TPSA) is 38.8 Å². The Morgan fingerprint density at radius 1 is 1.09 bits per heavy atom. The molecule has 0 aromatic heterocycles. The van der Waals surface area contributed by atoms with Crippen molar-refractivity contribution in [2.24, 2.45) is 0 Å². The van der Waals surface area contributed by atoms with Crippen molar-refractivity contribution in [1.29, 1.82) is 0 Å². The van der Waals surface area contributed by atoms with E-state index >= 15 is 0 Å². The SMILES string of the molecule is CCOc1cc(/C=C2\SC(=S)N(c3ccc(C)cc3C)C2=O)cc(Br)c1OCc1ccc(Cl)cc1. The van der Waals surface area contributed by atoms with Crippen LogP contribution in [0.1, 0.15) is 29.2 Å². The molecule has 3 aromatic carbocycles. The lowest BCUT2D eigenvalue weighted by molar-refractivity contribution is -0.113. The highest BCUT2D eigenvalue weighted by atomic mass is 79.9. The van der Waals surface area contributed by atoms with Crippen molar-refractivity contribution in [3.05, 3.63) is 91.3 Å². The van der Waals surface area contributed by atoms with Gasteiger partial charge in [-0.2, -0.15) is 0 Å². The molecule has 35 heavy (non-hydrogen) atoms. The Labute approximate surface area is 228 Å². The number of rotatable bonds is 7. The van der Waals surface area contributed by atoms with Crippen LogP contribution < -0.4 is 14.4 Å². The van der Waals surface area contributed by atoms with Gasteiger partial charge in [-0.3, -0.25) is 9.69 Å². The van der Waals surface area contributed by atoms with Gasteiger partial charge in [0.1, 0.15) is 6.61 Å². The summed E-state index contributed by atoms with van der Waals surface area (Å²) in [6, 6.07) is 17.2. The van der Waals surface area contributed by atoms with Crippen molar-refractivity contribution in [2.75, 3.05) is 11.5 Å². The molecule has 1 aliphatic heterocycles. The van der Waals surface area contributed by atoms with Crippen molar-refractivity contribution in [2.45, 2.75) is 27.4 Å². The second-order valence-corrected chi connectivity index (χ2v) is 11.0. The number of benzene rings is 3. The Bertz CT molecular complexity index is 1320. The molecular formula is C27H23BrClNO3S2. The van der Waals surface area contributed by atoms with Gasteiger partial charge >= 0.3 is 0 Å². The van der Waals surface area contributed by atoms with Gasteiger partial charge in [0.25, 0.3) is 5.91 Å². The molecule has 1 fully saturated rings. The van der Waals surface area contributed by atoms with Crippen LogP contribution >= 0.6 is 51.5 Å². The summed E-state index contributed by atoms with van der Waals surface area (Å²) in [6.45, 7) is 6.76. The van der Waals surface area contributed by atoms with E-state index in [1.807, 2.05) is 81.4 Å². The molecule has 4 rings (SSSR count). The smallest absolute Gasteiger partial charge is 0.270 e. The summed E-state index contributed by atoms with van der Waals surface area (Å²) < 4.78 is 13.2. The van der Waals surface area contributed by atoms with Crippen LogP contribution in [-0.2, 0) is 11.4 Å². The maximum absolute atomic E-state index is 13.3. The van der Waals surface area contributed by atoms with Crippen molar-refractivity contribution < 1.29 is 14.3 Å². The van der Waals surface area contributed by atoms with Gasteiger partial charge in [0.15, 0.2) is 15.8 Å². The van der Waals surface area contributed by atoms with E-state index in [4.69, 9.17) is 33.3 Å². The molecule has 0 spiro atoms. The fourth-order valence-corrected chi connectivity index (χ4v) is 5.68. The highest BCUT2D eigenvalue weighted by Gasteiger charge is 2.34.